The molecular weight excluding hydrogens is 175 g/mol. The highest BCUT2D eigenvalue weighted by Crippen LogP contribution is 2.24. The fourth-order valence-electron chi connectivity index (χ4n) is 1.11. The van der Waals surface area contributed by atoms with Crippen molar-refractivity contribution in [2.75, 3.05) is 0 Å². The van der Waals surface area contributed by atoms with E-state index >= 15 is 0 Å². The quantitative estimate of drug-likeness (QED) is 0.707. The molecule has 5 heteroatoms. The van der Waals surface area contributed by atoms with Gasteiger partial charge >= 0.3 is 0 Å². The Kier molecular flexibility index (Phi) is 1.70. The van der Waals surface area contributed by atoms with Gasteiger partial charge in [-0.15, -0.1) is 0 Å². The molecular formula is C8H5FN2O2. The normalized spacial score (nSPS) is 10.2. The number of fused-ring (bicyclic) bond motifs is 1. The Labute approximate surface area is 72.3 Å². The highest BCUT2D eigenvalue weighted by Gasteiger charge is 2.08. The first-order chi connectivity index (χ1) is 6.33. The molecule has 0 fully saturated rings. The van der Waals surface area contributed by atoms with Crippen LogP contribution in [0.4, 0.5) is 4.39 Å². The molecule has 66 valence electrons. The summed E-state index contributed by atoms with van der Waals surface area (Å²) in [7, 11) is 0. The molecule has 0 unspecified atom stereocenters. The van der Waals surface area contributed by atoms with Crippen molar-refractivity contribution in [1.29, 1.82) is 0 Å². The van der Waals surface area contributed by atoms with Crippen LogP contribution in [0.3, 0.4) is 0 Å². The molecule has 1 heterocycles. The van der Waals surface area contributed by atoms with Crippen LogP contribution in [0.1, 0.15) is 0 Å². The summed E-state index contributed by atoms with van der Waals surface area (Å²) in [6.07, 6.45) is 1.34. The number of benzene rings is 1. The summed E-state index contributed by atoms with van der Waals surface area (Å²) >= 11 is 0. The summed E-state index contributed by atoms with van der Waals surface area (Å²) in [5, 5.41) is 6.56. The van der Waals surface area contributed by atoms with Crippen molar-refractivity contribution in [2.24, 2.45) is 0 Å². The number of hydrogen-bond acceptors (Lipinski definition) is 3. The first-order valence-corrected chi connectivity index (χ1v) is 3.55. The van der Waals surface area contributed by atoms with Gasteiger partial charge in [0.05, 0.1) is 17.1 Å². The minimum Gasteiger partial charge on any atom is -0.426 e. The Bertz CT molecular complexity index is 452. The van der Waals surface area contributed by atoms with Gasteiger partial charge in [-0.05, 0) is 12.1 Å². The van der Waals surface area contributed by atoms with Gasteiger partial charge in [-0.25, -0.2) is 4.39 Å². The van der Waals surface area contributed by atoms with Crippen LogP contribution in [0.2, 0.25) is 0 Å². The maximum atomic E-state index is 13.3. The summed E-state index contributed by atoms with van der Waals surface area (Å²) in [5.41, 5.74) is 0.566. The number of aromatic amines is 1. The number of nitrogens with one attached hydrogen (secondary N) is 1. The number of nitrogens with zero attached hydrogens (tertiary/aromatic N) is 1. The van der Waals surface area contributed by atoms with Crippen LogP contribution in [0.15, 0.2) is 18.3 Å². The second-order valence-corrected chi connectivity index (χ2v) is 2.42. The van der Waals surface area contributed by atoms with Crippen LogP contribution in [0, 0.1) is 5.82 Å². The summed E-state index contributed by atoms with van der Waals surface area (Å²) < 4.78 is 17.8. The molecule has 1 aromatic heterocycles. The van der Waals surface area contributed by atoms with Crippen LogP contribution in [-0.2, 0) is 4.79 Å². The van der Waals surface area contributed by atoms with Crippen molar-refractivity contribution in [2.45, 2.75) is 0 Å². The molecule has 1 aromatic carbocycles. The molecule has 0 aliphatic rings. The predicted molar refractivity (Wildman–Crippen MR) is 42.7 cm³/mol. The molecule has 2 rings (SSSR count). The highest BCUT2D eigenvalue weighted by molar-refractivity contribution is 5.80. The van der Waals surface area contributed by atoms with E-state index in [4.69, 9.17) is 0 Å². The number of aromatic nitrogens is 2. The number of carbonyl (C=O) groups excluding carboxylic acids is 1. The smallest absolute Gasteiger partial charge is 0.298 e. The third-order valence-electron chi connectivity index (χ3n) is 1.70. The second-order valence-electron chi connectivity index (χ2n) is 2.42. The van der Waals surface area contributed by atoms with Crippen molar-refractivity contribution in [3.63, 3.8) is 0 Å². The average Bonchev–Trinajstić information content (AvgIpc) is 2.58. The van der Waals surface area contributed by atoms with Crippen LogP contribution in [0.25, 0.3) is 10.9 Å². The minimum absolute atomic E-state index is 0.0936. The Morgan fingerprint density at radius 2 is 2.38 bits per heavy atom. The molecule has 13 heavy (non-hydrogen) atoms. The van der Waals surface area contributed by atoms with Gasteiger partial charge in [0.15, 0.2) is 11.6 Å². The van der Waals surface area contributed by atoms with E-state index in [2.05, 4.69) is 14.9 Å². The van der Waals surface area contributed by atoms with Crippen molar-refractivity contribution in [1.82, 2.24) is 10.2 Å². The molecule has 0 atom stereocenters. The summed E-state index contributed by atoms with van der Waals surface area (Å²) in [6.45, 7) is 0.185. The Morgan fingerprint density at radius 1 is 1.54 bits per heavy atom. The number of carbonyl (C=O) groups is 1. The van der Waals surface area contributed by atoms with E-state index in [1.54, 1.807) is 6.07 Å². The van der Waals surface area contributed by atoms with Crippen molar-refractivity contribution >= 4 is 17.4 Å². The summed E-state index contributed by atoms with van der Waals surface area (Å²) in [6, 6.07) is 2.95. The van der Waals surface area contributed by atoms with E-state index < -0.39 is 5.82 Å². The van der Waals surface area contributed by atoms with Gasteiger partial charge in [-0.1, -0.05) is 0 Å². The number of rotatable bonds is 2. The van der Waals surface area contributed by atoms with Crippen LogP contribution in [0.5, 0.6) is 5.75 Å². The van der Waals surface area contributed by atoms with E-state index in [1.807, 2.05) is 0 Å². The number of ether oxygens (including phenoxy) is 1. The number of halogens is 1. The van der Waals surface area contributed by atoms with Gasteiger partial charge in [-0.3, -0.25) is 9.89 Å². The van der Waals surface area contributed by atoms with E-state index in [0.717, 1.165) is 0 Å². The lowest BCUT2D eigenvalue weighted by Crippen LogP contribution is -1.91. The SMILES string of the molecule is O=COc1ccc2[nH]ncc2c1F. The van der Waals surface area contributed by atoms with Crippen LogP contribution >= 0.6 is 0 Å². The summed E-state index contributed by atoms with van der Waals surface area (Å²) in [5.74, 6) is -0.678. The first kappa shape index (κ1) is 7.72. The van der Waals surface area contributed by atoms with Gasteiger partial charge in [0.25, 0.3) is 6.47 Å². The lowest BCUT2D eigenvalue weighted by atomic mass is 10.2. The maximum absolute atomic E-state index is 13.3. The predicted octanol–water partition coefficient (Wildman–Crippen LogP) is 1.24. The zero-order valence-electron chi connectivity index (χ0n) is 6.45. The van der Waals surface area contributed by atoms with Crippen LogP contribution < -0.4 is 4.74 Å². The molecule has 0 amide bonds. The number of hydrogen-bond donors (Lipinski definition) is 1. The fourth-order valence-corrected chi connectivity index (χ4v) is 1.11. The molecule has 4 nitrogen and oxygen atoms in total. The zero-order chi connectivity index (χ0) is 9.26. The standard InChI is InChI=1S/C8H5FN2O2/c9-8-5-3-10-11-6(5)1-2-7(8)13-4-12/h1-4H,(H,10,11). The zero-order valence-corrected chi connectivity index (χ0v) is 6.45. The number of H-pyrrole nitrogens is 1. The first-order valence-electron chi connectivity index (χ1n) is 3.55. The molecule has 2 aromatic rings. The van der Waals surface area contributed by atoms with E-state index in [1.165, 1.54) is 12.3 Å². The molecule has 0 aliphatic heterocycles. The van der Waals surface area contributed by atoms with Gasteiger partial charge in [-0.2, -0.15) is 5.10 Å². The monoisotopic (exact) mass is 180 g/mol. The molecule has 0 bridgehead atoms. The van der Waals surface area contributed by atoms with Crippen molar-refractivity contribution in [3.8, 4) is 5.75 Å². The fraction of sp³-hybridized carbons (Fsp3) is 0. The second kappa shape index (κ2) is 2.85. The van der Waals surface area contributed by atoms with E-state index in [-0.39, 0.29) is 12.2 Å². The lowest BCUT2D eigenvalue weighted by molar-refractivity contribution is -0.120. The van der Waals surface area contributed by atoms with Crippen molar-refractivity contribution < 1.29 is 13.9 Å². The topological polar surface area (TPSA) is 55.0 Å². The highest BCUT2D eigenvalue weighted by atomic mass is 19.1. The van der Waals surface area contributed by atoms with Crippen molar-refractivity contribution in [3.05, 3.63) is 24.1 Å². The van der Waals surface area contributed by atoms with E-state index in [9.17, 15) is 9.18 Å². The third kappa shape index (κ3) is 1.14. The van der Waals surface area contributed by atoms with Crippen LogP contribution in [-0.4, -0.2) is 16.7 Å². The van der Waals surface area contributed by atoms with Gasteiger partial charge in [0, 0.05) is 0 Å². The van der Waals surface area contributed by atoms with Gasteiger partial charge in [0.2, 0.25) is 0 Å². The molecule has 0 saturated carbocycles. The van der Waals surface area contributed by atoms with Gasteiger partial charge < -0.3 is 4.74 Å². The Hall–Kier alpha value is -1.91. The molecule has 0 radical (unpaired) electrons. The molecule has 0 aliphatic carbocycles. The average molecular weight is 180 g/mol. The molecule has 1 N–H and O–H groups in total. The largest absolute Gasteiger partial charge is 0.426 e. The molecule has 0 saturated heterocycles. The van der Waals surface area contributed by atoms with E-state index in [0.29, 0.717) is 10.9 Å². The Balaban J connectivity index is 2.65. The molecule has 0 spiro atoms. The Morgan fingerprint density at radius 3 is 3.15 bits per heavy atom. The lowest BCUT2D eigenvalue weighted by Gasteiger charge is -1.99. The maximum Gasteiger partial charge on any atom is 0.298 e. The minimum atomic E-state index is -0.585. The third-order valence-corrected chi connectivity index (χ3v) is 1.70. The van der Waals surface area contributed by atoms with Gasteiger partial charge in [0.1, 0.15) is 0 Å². The summed E-state index contributed by atoms with van der Waals surface area (Å²) in [4.78, 5) is 9.99.